The highest BCUT2D eigenvalue weighted by molar-refractivity contribution is 7.86. The highest BCUT2D eigenvalue weighted by atomic mass is 35.5. The summed E-state index contributed by atoms with van der Waals surface area (Å²) in [5, 5.41) is 14.0. The van der Waals surface area contributed by atoms with Crippen LogP contribution < -0.4 is 15.8 Å². The maximum atomic E-state index is 12.7. The van der Waals surface area contributed by atoms with Crippen LogP contribution in [0.25, 0.3) is 42.2 Å². The molecule has 48 heavy (non-hydrogen) atoms. The van der Waals surface area contributed by atoms with E-state index in [1.807, 2.05) is 30.3 Å². The molecule has 7 rings (SSSR count). The molecule has 3 heterocycles. The Bertz CT molecular complexity index is 2520. The molecule has 0 saturated heterocycles. The van der Waals surface area contributed by atoms with E-state index in [1.165, 1.54) is 18.5 Å². The Morgan fingerprint density at radius 1 is 0.917 bits per heavy atom. The molecular weight excluding hydrogens is 672 g/mol. The average molecular weight is 695 g/mol. The molecule has 14 heteroatoms. The van der Waals surface area contributed by atoms with Gasteiger partial charge in [0.25, 0.3) is 16.0 Å². The van der Waals surface area contributed by atoms with Gasteiger partial charge >= 0.3 is 0 Å². The summed E-state index contributed by atoms with van der Waals surface area (Å²) in [5.41, 5.74) is 8.49. The summed E-state index contributed by atoms with van der Waals surface area (Å²) in [6, 6.07) is 26.3. The number of nitrogens with one attached hydrogen (secondary N) is 1. The summed E-state index contributed by atoms with van der Waals surface area (Å²) in [7, 11) is -4.56. The molecule has 4 N–H and O–H groups in total. The number of ether oxygens (including phenoxy) is 1. The number of hydrogen-bond acceptors (Lipinski definition) is 10. The Kier molecular flexibility index (Phi) is 8.19. The van der Waals surface area contributed by atoms with E-state index in [0.29, 0.717) is 22.5 Å². The van der Waals surface area contributed by atoms with Crippen molar-refractivity contribution in [2.45, 2.75) is 4.90 Å². The number of anilines is 1. The SMILES string of the molecule is Nc1c(N=Nc2ccc(-c3c(OCNC(=O)c4cccnc4Cl)ccc4c3sc3ccccc34)nc2)cc(S(=O)(=O)O)c2ccccc12. The predicted molar refractivity (Wildman–Crippen MR) is 187 cm³/mol. The largest absolute Gasteiger partial charge is 0.472 e. The van der Waals surface area contributed by atoms with Crippen molar-refractivity contribution < 1.29 is 22.5 Å². The molecule has 238 valence electrons. The second kappa shape index (κ2) is 12.6. The number of amides is 1. The molecule has 0 radical (unpaired) electrons. The van der Waals surface area contributed by atoms with Crippen molar-refractivity contribution in [3.8, 4) is 17.0 Å². The quantitative estimate of drug-likeness (QED) is 0.0469. The van der Waals surface area contributed by atoms with Crippen molar-refractivity contribution in [2.24, 2.45) is 10.2 Å². The molecule has 11 nitrogen and oxygen atoms in total. The number of nitrogens with two attached hydrogens (primary N) is 1. The van der Waals surface area contributed by atoms with Crippen molar-refractivity contribution in [2.75, 3.05) is 12.5 Å². The smallest absolute Gasteiger partial charge is 0.295 e. The maximum absolute atomic E-state index is 12.7. The number of hydrogen-bond donors (Lipinski definition) is 3. The molecule has 0 aliphatic heterocycles. The molecule has 7 aromatic rings. The molecule has 0 aliphatic carbocycles. The van der Waals surface area contributed by atoms with Gasteiger partial charge in [-0.25, -0.2) is 4.98 Å². The number of pyridine rings is 2. The van der Waals surface area contributed by atoms with Crippen molar-refractivity contribution in [1.82, 2.24) is 15.3 Å². The van der Waals surface area contributed by atoms with Crippen LogP contribution in [-0.4, -0.2) is 35.6 Å². The van der Waals surface area contributed by atoms with Crippen LogP contribution in [0.15, 0.2) is 119 Å². The number of halogens is 1. The van der Waals surface area contributed by atoms with Crippen LogP contribution in [0.4, 0.5) is 17.1 Å². The second-order valence-corrected chi connectivity index (χ2v) is 13.3. The molecule has 0 aliphatic rings. The van der Waals surface area contributed by atoms with Gasteiger partial charge in [-0.2, -0.15) is 8.42 Å². The lowest BCUT2D eigenvalue weighted by Gasteiger charge is -2.13. The predicted octanol–water partition coefficient (Wildman–Crippen LogP) is 8.33. The van der Waals surface area contributed by atoms with E-state index in [1.54, 1.807) is 59.9 Å². The third-order valence-corrected chi connectivity index (χ3v) is 9.95. The molecular formula is C34H23ClN6O5S2. The number of fused-ring (bicyclic) bond motifs is 4. The first-order valence-electron chi connectivity index (χ1n) is 14.3. The van der Waals surface area contributed by atoms with Gasteiger partial charge in [0.1, 0.15) is 27.2 Å². The monoisotopic (exact) mass is 694 g/mol. The second-order valence-electron chi connectivity index (χ2n) is 10.5. The zero-order chi connectivity index (χ0) is 33.4. The summed E-state index contributed by atoms with van der Waals surface area (Å²) >= 11 is 7.67. The third-order valence-electron chi connectivity index (χ3n) is 7.55. The highest BCUT2D eigenvalue weighted by Gasteiger charge is 2.20. The van der Waals surface area contributed by atoms with E-state index >= 15 is 0 Å². The van der Waals surface area contributed by atoms with Crippen molar-refractivity contribution in [1.29, 1.82) is 0 Å². The van der Waals surface area contributed by atoms with E-state index in [0.717, 1.165) is 25.7 Å². The van der Waals surface area contributed by atoms with Gasteiger partial charge in [-0.3, -0.25) is 14.3 Å². The van der Waals surface area contributed by atoms with Gasteiger partial charge in [-0.1, -0.05) is 54.1 Å². The van der Waals surface area contributed by atoms with Crippen LogP contribution in [0.2, 0.25) is 5.15 Å². The van der Waals surface area contributed by atoms with Gasteiger partial charge in [0.2, 0.25) is 0 Å². The van der Waals surface area contributed by atoms with Crippen LogP contribution in [0, 0.1) is 0 Å². The van der Waals surface area contributed by atoms with Gasteiger partial charge < -0.3 is 15.8 Å². The zero-order valence-corrected chi connectivity index (χ0v) is 27.1. The molecule has 0 unspecified atom stereocenters. The number of thiophene rings is 1. The van der Waals surface area contributed by atoms with E-state index in [9.17, 15) is 17.8 Å². The Hall–Kier alpha value is -5.47. The summed E-state index contributed by atoms with van der Waals surface area (Å²) in [6.07, 6.45) is 3.02. The Balaban J connectivity index is 1.22. The zero-order valence-electron chi connectivity index (χ0n) is 24.7. The number of nitrogens with zero attached hydrogens (tertiary/aromatic N) is 4. The fourth-order valence-electron chi connectivity index (χ4n) is 5.32. The third kappa shape index (κ3) is 5.91. The summed E-state index contributed by atoms with van der Waals surface area (Å²) in [5.74, 6) is 0.0661. The minimum atomic E-state index is -4.56. The summed E-state index contributed by atoms with van der Waals surface area (Å²) < 4.78 is 42.2. The van der Waals surface area contributed by atoms with Crippen molar-refractivity contribution in [3.05, 3.63) is 114 Å². The van der Waals surface area contributed by atoms with Crippen molar-refractivity contribution >= 4 is 87.0 Å². The summed E-state index contributed by atoms with van der Waals surface area (Å²) in [6.45, 7) is -0.140. The molecule has 0 fully saturated rings. The number of nitrogen functional groups attached to an aromatic ring is 1. The minimum Gasteiger partial charge on any atom is -0.472 e. The van der Waals surface area contributed by atoms with E-state index in [-0.39, 0.29) is 39.1 Å². The number of benzene rings is 4. The summed E-state index contributed by atoms with van der Waals surface area (Å²) in [4.78, 5) is 21.0. The molecule has 3 aromatic heterocycles. The first-order valence-corrected chi connectivity index (χ1v) is 16.9. The van der Waals surface area contributed by atoms with E-state index in [4.69, 9.17) is 22.1 Å². The normalized spacial score (nSPS) is 11.9. The Labute approximate surface area is 282 Å². The Morgan fingerprint density at radius 3 is 2.44 bits per heavy atom. The molecule has 0 atom stereocenters. The standard InChI is InChI=1S/C34H23ClN6O5S2/c35-33-24(9-5-15-37-33)34(42)39-18-46-27-14-12-23-20-6-3-4-10-28(20)47-32(23)30(27)25-13-11-19(17-38-25)40-41-26-16-29(48(43,44)45)21-7-1-2-8-22(21)31(26)36/h1-17H,18,36H2,(H,39,42)(H,43,44,45). The minimum absolute atomic E-state index is 0.0748. The topological polar surface area (TPSA) is 169 Å². The van der Waals surface area contributed by atoms with Crippen LogP contribution in [0.1, 0.15) is 10.4 Å². The molecule has 0 spiro atoms. The van der Waals surface area contributed by atoms with Gasteiger partial charge in [-0.15, -0.1) is 21.6 Å². The lowest BCUT2D eigenvalue weighted by atomic mass is 10.1. The number of carbonyl (C=O) groups excluding carboxylic acids is 1. The first kappa shape index (κ1) is 31.1. The molecule has 0 saturated carbocycles. The first-order chi connectivity index (χ1) is 23.2. The van der Waals surface area contributed by atoms with Crippen LogP contribution in [-0.2, 0) is 10.1 Å². The number of azo groups is 1. The van der Waals surface area contributed by atoms with Crippen LogP contribution in [0.3, 0.4) is 0 Å². The van der Waals surface area contributed by atoms with Crippen LogP contribution in [0.5, 0.6) is 5.75 Å². The molecule has 4 aromatic carbocycles. The lowest BCUT2D eigenvalue weighted by molar-refractivity contribution is 0.0919. The van der Waals surface area contributed by atoms with E-state index < -0.39 is 16.0 Å². The molecule has 1 amide bonds. The van der Waals surface area contributed by atoms with Gasteiger partial charge in [0.15, 0.2) is 6.73 Å². The van der Waals surface area contributed by atoms with Gasteiger partial charge in [-0.05, 0) is 48.5 Å². The lowest BCUT2D eigenvalue weighted by Crippen LogP contribution is -2.28. The Morgan fingerprint density at radius 2 is 1.69 bits per heavy atom. The number of carbonyl (C=O) groups is 1. The highest BCUT2D eigenvalue weighted by Crippen LogP contribution is 2.44. The number of rotatable bonds is 8. The fraction of sp³-hybridized carbons (Fsp3) is 0.0294. The van der Waals surface area contributed by atoms with Crippen molar-refractivity contribution in [3.63, 3.8) is 0 Å². The average Bonchev–Trinajstić information content (AvgIpc) is 3.46. The van der Waals surface area contributed by atoms with Gasteiger partial charge in [0.05, 0.1) is 28.7 Å². The van der Waals surface area contributed by atoms with Gasteiger partial charge in [0, 0.05) is 37.1 Å². The fourth-order valence-corrected chi connectivity index (χ4v) is 7.49. The number of aromatic nitrogens is 2. The molecule has 0 bridgehead atoms. The van der Waals surface area contributed by atoms with Crippen LogP contribution >= 0.6 is 22.9 Å². The van der Waals surface area contributed by atoms with E-state index in [2.05, 4.69) is 31.6 Å². The maximum Gasteiger partial charge on any atom is 0.295 e.